The molecule has 2 heterocycles. The second kappa shape index (κ2) is 7.34. The molecule has 1 amide bonds. The van der Waals surface area contributed by atoms with Gasteiger partial charge in [0.15, 0.2) is 0 Å². The maximum absolute atomic E-state index is 14.3. The Morgan fingerprint density at radius 2 is 2.00 bits per heavy atom. The van der Waals surface area contributed by atoms with Crippen LogP contribution in [0.2, 0.25) is 5.02 Å². The lowest BCUT2D eigenvalue weighted by atomic mass is 10.0. The van der Waals surface area contributed by atoms with Crippen LogP contribution in [-0.2, 0) is 24.2 Å². The molecule has 1 aromatic heterocycles. The van der Waals surface area contributed by atoms with Crippen LogP contribution in [0.4, 0.5) is 9.18 Å². The van der Waals surface area contributed by atoms with Crippen molar-refractivity contribution in [3.05, 3.63) is 64.2 Å². The van der Waals surface area contributed by atoms with Crippen LogP contribution < -0.4 is 0 Å². The Kier molecular flexibility index (Phi) is 4.99. The highest BCUT2D eigenvalue weighted by Crippen LogP contribution is 2.27. The van der Waals surface area contributed by atoms with Gasteiger partial charge in [-0.15, -0.1) is 0 Å². The molecule has 0 spiro atoms. The Labute approximate surface area is 174 Å². The molecule has 0 fully saturated rings. The minimum Gasteiger partial charge on any atom is -0.444 e. The zero-order valence-electron chi connectivity index (χ0n) is 16.7. The molecule has 0 saturated heterocycles. The molecule has 2 aromatic carbocycles. The van der Waals surface area contributed by atoms with Crippen LogP contribution in [0.15, 0.2) is 36.4 Å². The number of hydrogen-bond acceptors (Lipinski definition) is 3. The zero-order chi connectivity index (χ0) is 20.8. The van der Waals surface area contributed by atoms with Gasteiger partial charge in [-0.1, -0.05) is 29.8 Å². The van der Waals surface area contributed by atoms with Crippen molar-refractivity contribution in [1.29, 1.82) is 0 Å². The summed E-state index contributed by atoms with van der Waals surface area (Å²) in [7, 11) is 0. The lowest BCUT2D eigenvalue weighted by Gasteiger charge is -2.30. The smallest absolute Gasteiger partial charge is 0.410 e. The van der Waals surface area contributed by atoms with Gasteiger partial charge in [0.05, 0.1) is 17.6 Å². The van der Waals surface area contributed by atoms with Crippen molar-refractivity contribution in [3.63, 3.8) is 0 Å². The van der Waals surface area contributed by atoms with Gasteiger partial charge < -0.3 is 9.30 Å². The lowest BCUT2D eigenvalue weighted by Crippen LogP contribution is -2.41. The largest absolute Gasteiger partial charge is 0.444 e. The third-order valence-corrected chi connectivity index (χ3v) is 5.14. The average Bonchev–Trinajstić information content (AvgIpc) is 3.01. The fourth-order valence-electron chi connectivity index (χ4n) is 3.64. The number of hydrogen-bond donors (Lipinski definition) is 0. The van der Waals surface area contributed by atoms with E-state index in [1.165, 1.54) is 6.07 Å². The van der Waals surface area contributed by atoms with Gasteiger partial charge in [0, 0.05) is 24.5 Å². The number of amides is 1. The molecule has 0 N–H and O–H groups in total. The molecule has 7 heteroatoms. The normalized spacial score (nSPS) is 14.2. The number of rotatable bonds is 2. The van der Waals surface area contributed by atoms with Crippen molar-refractivity contribution in [3.8, 4) is 0 Å². The van der Waals surface area contributed by atoms with E-state index >= 15 is 0 Å². The number of carbonyl (C=O) groups excluding carboxylic acids is 1. The number of nitrogens with zero attached hydrogens (tertiary/aromatic N) is 3. The second-order valence-electron chi connectivity index (χ2n) is 8.28. The van der Waals surface area contributed by atoms with Crippen molar-refractivity contribution in [2.75, 3.05) is 6.54 Å². The Bertz CT molecular complexity index is 1090. The first-order valence-corrected chi connectivity index (χ1v) is 9.98. The van der Waals surface area contributed by atoms with Crippen molar-refractivity contribution < 1.29 is 13.9 Å². The molecule has 0 saturated carbocycles. The number of benzene rings is 2. The van der Waals surface area contributed by atoms with Gasteiger partial charge in [-0.3, -0.25) is 4.90 Å². The summed E-state index contributed by atoms with van der Waals surface area (Å²) in [6.45, 7) is 7.10. The maximum atomic E-state index is 14.3. The SMILES string of the molecule is CC(C)(C)OC(=O)N1CCn2c(nc3cccc(Cc4ccc(Cl)cc4F)c32)C1. The lowest BCUT2D eigenvalue weighted by molar-refractivity contribution is 0.0196. The Hall–Kier alpha value is -2.60. The number of fused-ring (bicyclic) bond motifs is 3. The van der Waals surface area contributed by atoms with Gasteiger partial charge in [0.1, 0.15) is 17.2 Å². The molecule has 0 unspecified atom stereocenters. The maximum Gasteiger partial charge on any atom is 0.410 e. The molecular formula is C22H23ClFN3O2. The highest BCUT2D eigenvalue weighted by atomic mass is 35.5. The topological polar surface area (TPSA) is 47.4 Å². The number of ether oxygens (including phenoxy) is 1. The van der Waals surface area contributed by atoms with Gasteiger partial charge in [0.2, 0.25) is 0 Å². The molecule has 152 valence electrons. The van der Waals surface area contributed by atoms with Crippen LogP contribution >= 0.6 is 11.6 Å². The standard InChI is InChI=1S/C22H23ClFN3O2/c1-22(2,3)29-21(28)26-9-10-27-19(13-26)25-18-6-4-5-15(20(18)27)11-14-7-8-16(23)12-17(14)24/h4-8,12H,9-11,13H2,1-3H3. The summed E-state index contributed by atoms with van der Waals surface area (Å²) >= 11 is 5.88. The van der Waals surface area contributed by atoms with Crippen molar-refractivity contribution in [2.45, 2.75) is 45.9 Å². The van der Waals surface area contributed by atoms with Crippen LogP contribution in [0.3, 0.4) is 0 Å². The molecule has 0 radical (unpaired) electrons. The van der Waals surface area contributed by atoms with Crippen molar-refractivity contribution in [1.82, 2.24) is 14.5 Å². The number of halogens is 2. The molecule has 0 atom stereocenters. The highest BCUT2D eigenvalue weighted by molar-refractivity contribution is 6.30. The van der Waals surface area contributed by atoms with Gasteiger partial charge in [0.25, 0.3) is 0 Å². The third-order valence-electron chi connectivity index (χ3n) is 4.90. The summed E-state index contributed by atoms with van der Waals surface area (Å²) in [6, 6.07) is 10.6. The molecule has 1 aliphatic rings. The van der Waals surface area contributed by atoms with E-state index in [0.29, 0.717) is 36.6 Å². The van der Waals surface area contributed by atoms with Crippen molar-refractivity contribution in [2.24, 2.45) is 0 Å². The predicted octanol–water partition coefficient (Wildman–Crippen LogP) is 5.17. The molecule has 5 nitrogen and oxygen atoms in total. The summed E-state index contributed by atoms with van der Waals surface area (Å²) in [5.41, 5.74) is 2.88. The first kappa shape index (κ1) is 19.7. The summed E-state index contributed by atoms with van der Waals surface area (Å²) in [5, 5.41) is 0.383. The van der Waals surface area contributed by atoms with Gasteiger partial charge in [-0.25, -0.2) is 14.2 Å². The molecule has 0 aliphatic carbocycles. The summed E-state index contributed by atoms with van der Waals surface area (Å²) < 4.78 is 21.9. The number of carbonyl (C=O) groups is 1. The second-order valence-corrected chi connectivity index (χ2v) is 8.72. The molecule has 0 bridgehead atoms. The Morgan fingerprint density at radius 1 is 1.21 bits per heavy atom. The van der Waals surface area contributed by atoms with E-state index in [-0.39, 0.29) is 11.9 Å². The number of imidazole rings is 1. The van der Waals surface area contributed by atoms with Crippen LogP contribution in [0.5, 0.6) is 0 Å². The molecule has 4 rings (SSSR count). The van der Waals surface area contributed by atoms with Gasteiger partial charge >= 0.3 is 6.09 Å². The Morgan fingerprint density at radius 3 is 2.72 bits per heavy atom. The van der Waals surface area contributed by atoms with E-state index in [0.717, 1.165) is 22.4 Å². The first-order valence-electron chi connectivity index (χ1n) is 9.60. The monoisotopic (exact) mass is 415 g/mol. The minimum absolute atomic E-state index is 0.316. The summed E-state index contributed by atoms with van der Waals surface area (Å²) in [6.07, 6.45) is 0.112. The summed E-state index contributed by atoms with van der Waals surface area (Å²) in [4.78, 5) is 18.8. The van der Waals surface area contributed by atoms with E-state index in [2.05, 4.69) is 4.57 Å². The highest BCUT2D eigenvalue weighted by Gasteiger charge is 2.28. The zero-order valence-corrected chi connectivity index (χ0v) is 17.5. The van der Waals surface area contributed by atoms with E-state index in [1.807, 2.05) is 39.0 Å². The third kappa shape index (κ3) is 4.08. The Balaban J connectivity index is 1.65. The summed E-state index contributed by atoms with van der Waals surface area (Å²) in [5.74, 6) is 0.491. The van der Waals surface area contributed by atoms with Crippen LogP contribution in [0.25, 0.3) is 11.0 Å². The number of aromatic nitrogens is 2. The van der Waals surface area contributed by atoms with E-state index in [9.17, 15) is 9.18 Å². The predicted molar refractivity (Wildman–Crippen MR) is 111 cm³/mol. The molecule has 3 aromatic rings. The first-order chi connectivity index (χ1) is 13.7. The van der Waals surface area contributed by atoms with Gasteiger partial charge in [-0.2, -0.15) is 0 Å². The van der Waals surface area contributed by atoms with Crippen LogP contribution in [-0.4, -0.2) is 32.7 Å². The quantitative estimate of drug-likeness (QED) is 0.580. The number of para-hydroxylation sites is 1. The van der Waals surface area contributed by atoms with E-state index in [1.54, 1.807) is 17.0 Å². The average molecular weight is 416 g/mol. The molecular weight excluding hydrogens is 393 g/mol. The van der Waals surface area contributed by atoms with Crippen molar-refractivity contribution >= 4 is 28.7 Å². The minimum atomic E-state index is -0.537. The van der Waals surface area contributed by atoms with Crippen LogP contribution in [0.1, 0.15) is 37.7 Å². The van der Waals surface area contributed by atoms with Gasteiger partial charge in [-0.05, 0) is 50.1 Å². The fourth-order valence-corrected chi connectivity index (χ4v) is 3.79. The van der Waals surface area contributed by atoms with E-state index in [4.69, 9.17) is 21.3 Å². The fraction of sp³-hybridized carbons (Fsp3) is 0.364. The van der Waals surface area contributed by atoms with Crippen LogP contribution in [0, 0.1) is 5.82 Å². The van der Waals surface area contributed by atoms with E-state index < -0.39 is 5.60 Å². The molecule has 1 aliphatic heterocycles. The molecule has 29 heavy (non-hydrogen) atoms.